The third-order valence-electron chi connectivity index (χ3n) is 5.80. The van der Waals surface area contributed by atoms with Crippen LogP contribution >= 0.6 is 11.3 Å². The molecule has 5 aromatic rings. The van der Waals surface area contributed by atoms with Gasteiger partial charge in [0.25, 0.3) is 5.91 Å². The van der Waals surface area contributed by atoms with Gasteiger partial charge < -0.3 is 10.1 Å². The Hall–Kier alpha value is -4.75. The van der Waals surface area contributed by atoms with E-state index in [1.807, 2.05) is 18.2 Å². The molecule has 3 heterocycles. The standard InChI is InChI=1S/C28H17F3N4O2S/c1-37-23-6-5-18(12-21(23)28(29,30)31)27(36)35-20-4-2-3-17(11-20)25-19(14-32)15-34-22-13-24(38-26(22)25)16-7-9-33-10-8-16/h2-13,15H,1H3,(H,35,36). The van der Waals surface area contributed by atoms with Crippen molar-refractivity contribution in [3.8, 4) is 33.4 Å². The van der Waals surface area contributed by atoms with Crippen molar-refractivity contribution in [3.05, 3.63) is 95.9 Å². The zero-order chi connectivity index (χ0) is 26.9. The number of anilines is 1. The lowest BCUT2D eigenvalue weighted by Crippen LogP contribution is -2.15. The van der Waals surface area contributed by atoms with E-state index in [0.29, 0.717) is 27.9 Å². The Kier molecular flexibility index (Phi) is 6.53. The third kappa shape index (κ3) is 4.79. The minimum Gasteiger partial charge on any atom is -0.496 e. The second-order valence-corrected chi connectivity index (χ2v) is 9.22. The van der Waals surface area contributed by atoms with E-state index in [2.05, 4.69) is 21.4 Å². The topological polar surface area (TPSA) is 87.9 Å². The molecule has 0 saturated heterocycles. The maximum Gasteiger partial charge on any atom is 0.419 e. The van der Waals surface area contributed by atoms with Crippen LogP contribution in [0, 0.1) is 11.3 Å². The number of nitriles is 1. The third-order valence-corrected chi connectivity index (χ3v) is 6.99. The maximum absolute atomic E-state index is 13.4. The largest absolute Gasteiger partial charge is 0.496 e. The first-order valence-corrected chi connectivity index (χ1v) is 12.0. The number of hydrogen-bond donors (Lipinski definition) is 1. The Bertz CT molecular complexity index is 1710. The number of methoxy groups -OCH3 is 1. The summed E-state index contributed by atoms with van der Waals surface area (Å²) in [7, 11) is 1.13. The molecule has 0 spiro atoms. The number of pyridine rings is 2. The number of fused-ring (bicyclic) bond motifs is 1. The molecule has 1 amide bonds. The van der Waals surface area contributed by atoms with Crippen LogP contribution in [0.4, 0.5) is 18.9 Å². The van der Waals surface area contributed by atoms with Crippen LogP contribution in [0.15, 0.2) is 79.3 Å². The van der Waals surface area contributed by atoms with E-state index in [0.717, 1.165) is 34.4 Å². The van der Waals surface area contributed by atoms with Gasteiger partial charge in [0.15, 0.2) is 0 Å². The average Bonchev–Trinajstić information content (AvgIpc) is 3.36. The van der Waals surface area contributed by atoms with Gasteiger partial charge in [-0.1, -0.05) is 12.1 Å². The summed E-state index contributed by atoms with van der Waals surface area (Å²) in [6.07, 6.45) is 0.211. The lowest BCUT2D eigenvalue weighted by atomic mass is 10.0. The molecule has 5 rings (SSSR count). The molecule has 0 fully saturated rings. The van der Waals surface area contributed by atoms with E-state index in [9.17, 15) is 23.2 Å². The Morgan fingerprint density at radius 1 is 1.05 bits per heavy atom. The number of alkyl halides is 3. The highest BCUT2D eigenvalue weighted by atomic mass is 32.1. The first-order chi connectivity index (χ1) is 18.3. The predicted octanol–water partition coefficient (Wildman–Crippen LogP) is 7.18. The summed E-state index contributed by atoms with van der Waals surface area (Å²) in [6, 6.07) is 17.8. The van der Waals surface area contributed by atoms with Gasteiger partial charge in [-0.05, 0) is 59.7 Å². The van der Waals surface area contributed by atoms with Crippen molar-refractivity contribution < 1.29 is 22.7 Å². The number of hydrogen-bond acceptors (Lipinski definition) is 6. The molecule has 6 nitrogen and oxygen atoms in total. The lowest BCUT2D eigenvalue weighted by Gasteiger charge is -2.14. The van der Waals surface area contributed by atoms with E-state index >= 15 is 0 Å². The average molecular weight is 531 g/mol. The first kappa shape index (κ1) is 24.9. The molecule has 3 aromatic heterocycles. The van der Waals surface area contributed by atoms with E-state index in [-0.39, 0.29) is 11.3 Å². The summed E-state index contributed by atoms with van der Waals surface area (Å²) >= 11 is 1.48. The summed E-state index contributed by atoms with van der Waals surface area (Å²) in [5.41, 5.74) is 2.48. The van der Waals surface area contributed by atoms with E-state index in [1.165, 1.54) is 23.6 Å². The summed E-state index contributed by atoms with van der Waals surface area (Å²) in [4.78, 5) is 22.3. The number of aromatic nitrogens is 2. The molecule has 10 heteroatoms. The number of rotatable bonds is 5. The van der Waals surface area contributed by atoms with Gasteiger partial charge >= 0.3 is 6.18 Å². The highest BCUT2D eigenvalue weighted by Gasteiger charge is 2.35. The molecule has 0 radical (unpaired) electrons. The zero-order valence-electron chi connectivity index (χ0n) is 19.7. The number of ether oxygens (including phenoxy) is 1. The number of halogens is 3. The lowest BCUT2D eigenvalue weighted by molar-refractivity contribution is -0.138. The van der Waals surface area contributed by atoms with Crippen molar-refractivity contribution in [1.82, 2.24) is 9.97 Å². The van der Waals surface area contributed by atoms with Gasteiger partial charge in [-0.25, -0.2) is 0 Å². The number of amides is 1. The number of nitrogens with zero attached hydrogens (tertiary/aromatic N) is 3. The second-order valence-electron chi connectivity index (χ2n) is 8.17. The first-order valence-electron chi connectivity index (χ1n) is 11.2. The molecule has 0 unspecified atom stereocenters. The molecule has 0 atom stereocenters. The minimum atomic E-state index is -4.68. The number of nitrogens with one attached hydrogen (secondary N) is 1. The Morgan fingerprint density at radius 2 is 1.84 bits per heavy atom. The van der Waals surface area contributed by atoms with Gasteiger partial charge in [0.2, 0.25) is 0 Å². The fraction of sp³-hybridized carbons (Fsp3) is 0.0714. The molecule has 0 aliphatic heterocycles. The normalized spacial score (nSPS) is 11.2. The monoisotopic (exact) mass is 530 g/mol. The van der Waals surface area contributed by atoms with Crippen LogP contribution in [-0.2, 0) is 6.18 Å². The van der Waals surface area contributed by atoms with Crippen LogP contribution in [0.1, 0.15) is 21.5 Å². The molecule has 0 aliphatic rings. The van der Waals surface area contributed by atoms with E-state index in [1.54, 1.807) is 36.7 Å². The number of carbonyl (C=O) groups excluding carboxylic acids is 1. The quantitative estimate of drug-likeness (QED) is 0.260. The van der Waals surface area contributed by atoms with Gasteiger partial charge in [-0.3, -0.25) is 14.8 Å². The highest BCUT2D eigenvalue weighted by Crippen LogP contribution is 2.40. The maximum atomic E-state index is 13.4. The van der Waals surface area contributed by atoms with Crippen LogP contribution < -0.4 is 10.1 Å². The number of benzene rings is 2. The smallest absolute Gasteiger partial charge is 0.419 e. The number of thiophene rings is 1. The van der Waals surface area contributed by atoms with E-state index < -0.39 is 17.6 Å². The SMILES string of the molecule is COc1ccc(C(=O)Nc2cccc(-c3c(C#N)cnc4cc(-c5ccncc5)sc34)c2)cc1C(F)(F)F. The molecule has 38 heavy (non-hydrogen) atoms. The number of carbonyl (C=O) groups is 1. The Balaban J connectivity index is 1.52. The van der Waals surface area contributed by atoms with Crippen LogP contribution in [0.5, 0.6) is 5.75 Å². The summed E-state index contributed by atoms with van der Waals surface area (Å²) in [6.45, 7) is 0. The molecule has 2 aromatic carbocycles. The van der Waals surface area contributed by atoms with Crippen LogP contribution in [0.3, 0.4) is 0 Å². The molecule has 0 bridgehead atoms. The fourth-order valence-electron chi connectivity index (χ4n) is 4.03. The van der Waals surface area contributed by atoms with Gasteiger partial charge in [0.05, 0.1) is 28.5 Å². The zero-order valence-corrected chi connectivity index (χ0v) is 20.5. The van der Waals surface area contributed by atoms with Crippen molar-refractivity contribution >= 4 is 33.1 Å². The Morgan fingerprint density at radius 3 is 2.55 bits per heavy atom. The minimum absolute atomic E-state index is 0.173. The van der Waals surface area contributed by atoms with Gasteiger partial charge in [-0.15, -0.1) is 11.3 Å². The molecule has 0 aliphatic carbocycles. The fourth-order valence-corrected chi connectivity index (χ4v) is 5.22. The molecule has 188 valence electrons. The van der Waals surface area contributed by atoms with Crippen molar-refractivity contribution in [2.45, 2.75) is 6.18 Å². The molecular weight excluding hydrogens is 513 g/mol. The highest BCUT2D eigenvalue weighted by molar-refractivity contribution is 7.22. The van der Waals surface area contributed by atoms with E-state index in [4.69, 9.17) is 4.74 Å². The van der Waals surface area contributed by atoms with Crippen molar-refractivity contribution in [2.75, 3.05) is 12.4 Å². The van der Waals surface area contributed by atoms with Crippen LogP contribution in [0.25, 0.3) is 31.8 Å². The predicted molar refractivity (Wildman–Crippen MR) is 139 cm³/mol. The van der Waals surface area contributed by atoms with Crippen LogP contribution in [-0.4, -0.2) is 23.0 Å². The van der Waals surface area contributed by atoms with Crippen LogP contribution in [0.2, 0.25) is 0 Å². The van der Waals surface area contributed by atoms with Gasteiger partial charge in [0.1, 0.15) is 11.8 Å². The molecule has 1 N–H and O–H groups in total. The Labute approximate surface area is 219 Å². The van der Waals surface area contributed by atoms with Crippen molar-refractivity contribution in [1.29, 1.82) is 5.26 Å². The van der Waals surface area contributed by atoms with Gasteiger partial charge in [-0.2, -0.15) is 18.4 Å². The van der Waals surface area contributed by atoms with Crippen molar-refractivity contribution in [2.24, 2.45) is 0 Å². The molecule has 0 saturated carbocycles. The second kappa shape index (κ2) is 9.95. The van der Waals surface area contributed by atoms with Crippen molar-refractivity contribution in [3.63, 3.8) is 0 Å². The molecular formula is C28H17F3N4O2S. The summed E-state index contributed by atoms with van der Waals surface area (Å²) in [5, 5.41) is 12.4. The summed E-state index contributed by atoms with van der Waals surface area (Å²) in [5.74, 6) is -1.09. The van der Waals surface area contributed by atoms with Gasteiger partial charge in [0, 0.05) is 40.3 Å². The summed E-state index contributed by atoms with van der Waals surface area (Å²) < 4.78 is 45.8.